The fraction of sp³-hybridized carbons (Fsp3) is 0.467. The van der Waals surface area contributed by atoms with Crippen molar-refractivity contribution in [3.05, 3.63) is 34.9 Å². The molecule has 1 fully saturated rings. The molecule has 0 spiro atoms. The summed E-state index contributed by atoms with van der Waals surface area (Å²) in [6.07, 6.45) is 1.82. The predicted molar refractivity (Wildman–Crippen MR) is 69.2 cm³/mol. The summed E-state index contributed by atoms with van der Waals surface area (Å²) in [6, 6.07) is 8.04. The van der Waals surface area contributed by atoms with E-state index in [1.807, 2.05) is 18.2 Å². The molecule has 0 radical (unpaired) electrons. The minimum absolute atomic E-state index is 0.0181. The van der Waals surface area contributed by atoms with Gasteiger partial charge in [-0.1, -0.05) is 6.07 Å². The molecule has 1 amide bonds. The Balaban J connectivity index is 1.78. The van der Waals surface area contributed by atoms with Gasteiger partial charge in [0.05, 0.1) is 25.2 Å². The molecule has 2 aliphatic rings. The van der Waals surface area contributed by atoms with Crippen molar-refractivity contribution < 1.29 is 9.53 Å². The molecule has 0 aromatic heterocycles. The van der Waals surface area contributed by atoms with E-state index in [0.717, 1.165) is 24.9 Å². The number of nitrogens with zero attached hydrogens (tertiary/aromatic N) is 2. The molecule has 1 saturated heterocycles. The molecule has 1 aromatic rings. The second-order valence-electron chi connectivity index (χ2n) is 5.20. The van der Waals surface area contributed by atoms with Crippen molar-refractivity contribution in [2.75, 3.05) is 13.1 Å². The zero-order chi connectivity index (χ0) is 13.2. The fourth-order valence-electron chi connectivity index (χ4n) is 2.75. The van der Waals surface area contributed by atoms with Gasteiger partial charge in [-0.2, -0.15) is 5.26 Å². The Morgan fingerprint density at radius 3 is 3.05 bits per heavy atom. The Hall–Kier alpha value is -1.86. The molecule has 4 nitrogen and oxygen atoms in total. The van der Waals surface area contributed by atoms with Gasteiger partial charge in [-0.25, -0.2) is 0 Å². The number of ether oxygens (including phenoxy) is 1. The van der Waals surface area contributed by atoms with Gasteiger partial charge in [-0.05, 0) is 36.1 Å². The summed E-state index contributed by atoms with van der Waals surface area (Å²) in [7, 11) is 0. The number of nitriles is 1. The number of fused-ring (bicyclic) bond motifs is 1. The van der Waals surface area contributed by atoms with Crippen LogP contribution in [0.15, 0.2) is 18.2 Å². The van der Waals surface area contributed by atoms with E-state index in [1.54, 1.807) is 4.90 Å². The Morgan fingerprint density at radius 2 is 2.21 bits per heavy atom. The van der Waals surface area contributed by atoms with E-state index in [0.29, 0.717) is 25.3 Å². The van der Waals surface area contributed by atoms with Gasteiger partial charge in [0.2, 0.25) is 0 Å². The van der Waals surface area contributed by atoms with Crippen molar-refractivity contribution in [3.63, 3.8) is 0 Å². The van der Waals surface area contributed by atoms with Gasteiger partial charge in [0.15, 0.2) is 0 Å². The van der Waals surface area contributed by atoms with Gasteiger partial charge >= 0.3 is 0 Å². The maximum Gasteiger partial charge on any atom is 0.253 e. The molecule has 2 aliphatic heterocycles. The molecule has 0 bridgehead atoms. The van der Waals surface area contributed by atoms with Gasteiger partial charge in [0, 0.05) is 18.7 Å². The highest BCUT2D eigenvalue weighted by molar-refractivity contribution is 5.94. The number of likely N-dealkylation sites (tertiary alicyclic amines) is 1. The monoisotopic (exact) mass is 256 g/mol. The number of amides is 1. The first-order valence-electron chi connectivity index (χ1n) is 6.66. The minimum Gasteiger partial charge on any atom is -0.372 e. The Labute approximate surface area is 112 Å². The van der Waals surface area contributed by atoms with Crippen LogP contribution in [0.5, 0.6) is 0 Å². The van der Waals surface area contributed by atoms with E-state index in [9.17, 15) is 4.79 Å². The molecule has 98 valence electrons. The van der Waals surface area contributed by atoms with Crippen molar-refractivity contribution in [1.82, 2.24) is 4.90 Å². The van der Waals surface area contributed by atoms with Gasteiger partial charge in [-0.3, -0.25) is 4.79 Å². The second-order valence-corrected chi connectivity index (χ2v) is 5.20. The van der Waals surface area contributed by atoms with Crippen LogP contribution in [0.4, 0.5) is 0 Å². The molecule has 4 heteroatoms. The second kappa shape index (κ2) is 5.02. The lowest BCUT2D eigenvalue weighted by atomic mass is 9.98. The average molecular weight is 256 g/mol. The van der Waals surface area contributed by atoms with Crippen LogP contribution < -0.4 is 0 Å². The summed E-state index contributed by atoms with van der Waals surface area (Å²) in [5, 5.41) is 8.98. The van der Waals surface area contributed by atoms with Crippen molar-refractivity contribution in [2.24, 2.45) is 5.92 Å². The van der Waals surface area contributed by atoms with Crippen LogP contribution in [0.1, 0.15) is 34.3 Å². The lowest BCUT2D eigenvalue weighted by Gasteiger charge is -2.29. The van der Waals surface area contributed by atoms with Gasteiger partial charge < -0.3 is 9.64 Å². The molecular weight excluding hydrogens is 240 g/mol. The number of piperidine rings is 1. The lowest BCUT2D eigenvalue weighted by molar-refractivity contribution is 0.0698. The SMILES string of the molecule is N#CC1CCCN(C(=O)c2ccc3c(c2)COC3)C1. The average Bonchev–Trinajstić information content (AvgIpc) is 2.94. The third-order valence-corrected chi connectivity index (χ3v) is 3.86. The molecule has 19 heavy (non-hydrogen) atoms. The third kappa shape index (κ3) is 2.34. The molecule has 0 aliphatic carbocycles. The van der Waals surface area contributed by atoms with Crippen LogP contribution in [-0.4, -0.2) is 23.9 Å². The van der Waals surface area contributed by atoms with E-state index in [2.05, 4.69) is 6.07 Å². The largest absolute Gasteiger partial charge is 0.372 e. The van der Waals surface area contributed by atoms with Crippen molar-refractivity contribution in [1.29, 1.82) is 5.26 Å². The van der Waals surface area contributed by atoms with Gasteiger partial charge in [0.1, 0.15) is 0 Å². The van der Waals surface area contributed by atoms with E-state index < -0.39 is 0 Å². The molecule has 2 heterocycles. The summed E-state index contributed by atoms with van der Waals surface area (Å²) in [4.78, 5) is 14.2. The predicted octanol–water partition coefficient (Wildman–Crippen LogP) is 2.09. The summed E-state index contributed by atoms with van der Waals surface area (Å²) in [5.41, 5.74) is 2.99. The number of carbonyl (C=O) groups is 1. The lowest BCUT2D eigenvalue weighted by Crippen LogP contribution is -2.39. The highest BCUT2D eigenvalue weighted by Crippen LogP contribution is 2.23. The van der Waals surface area contributed by atoms with Crippen LogP contribution >= 0.6 is 0 Å². The molecule has 3 rings (SSSR count). The van der Waals surface area contributed by atoms with E-state index in [-0.39, 0.29) is 11.8 Å². The standard InChI is InChI=1S/C15H16N2O2/c16-7-11-2-1-5-17(8-11)15(18)12-3-4-13-9-19-10-14(13)6-12/h3-4,6,11H,1-2,5,8-10H2. The summed E-state index contributed by atoms with van der Waals surface area (Å²) >= 11 is 0. The van der Waals surface area contributed by atoms with E-state index >= 15 is 0 Å². The van der Waals surface area contributed by atoms with Crippen molar-refractivity contribution >= 4 is 5.91 Å². The highest BCUT2D eigenvalue weighted by Gasteiger charge is 2.25. The molecule has 1 atom stereocenters. The molecular formula is C15H16N2O2. The zero-order valence-electron chi connectivity index (χ0n) is 10.8. The van der Waals surface area contributed by atoms with Crippen LogP contribution in [0.2, 0.25) is 0 Å². The summed E-state index contributed by atoms with van der Waals surface area (Å²) in [6.45, 7) is 2.55. The topological polar surface area (TPSA) is 53.3 Å². The van der Waals surface area contributed by atoms with Gasteiger partial charge in [0.25, 0.3) is 5.91 Å². The maximum absolute atomic E-state index is 12.4. The number of rotatable bonds is 1. The molecule has 0 N–H and O–H groups in total. The first-order chi connectivity index (χ1) is 9.28. The Bertz CT molecular complexity index is 548. The number of hydrogen-bond acceptors (Lipinski definition) is 3. The van der Waals surface area contributed by atoms with E-state index in [4.69, 9.17) is 10.00 Å². The highest BCUT2D eigenvalue weighted by atomic mass is 16.5. The summed E-state index contributed by atoms with van der Waals surface area (Å²) in [5.74, 6) is 0.0186. The smallest absolute Gasteiger partial charge is 0.253 e. The van der Waals surface area contributed by atoms with Crippen LogP contribution in [0.25, 0.3) is 0 Å². The van der Waals surface area contributed by atoms with Crippen LogP contribution in [0.3, 0.4) is 0 Å². The molecule has 0 saturated carbocycles. The minimum atomic E-state index is -0.0181. The number of carbonyl (C=O) groups excluding carboxylic acids is 1. The fourth-order valence-corrected chi connectivity index (χ4v) is 2.75. The quantitative estimate of drug-likeness (QED) is 0.773. The normalized spacial score (nSPS) is 21.8. The Morgan fingerprint density at radius 1 is 1.37 bits per heavy atom. The first-order valence-corrected chi connectivity index (χ1v) is 6.66. The van der Waals surface area contributed by atoms with Crippen molar-refractivity contribution in [2.45, 2.75) is 26.1 Å². The Kier molecular flexibility index (Phi) is 3.22. The van der Waals surface area contributed by atoms with Crippen LogP contribution in [0, 0.1) is 17.2 Å². The van der Waals surface area contributed by atoms with Gasteiger partial charge in [-0.15, -0.1) is 0 Å². The third-order valence-electron chi connectivity index (χ3n) is 3.86. The molecule has 1 aromatic carbocycles. The zero-order valence-corrected chi connectivity index (χ0v) is 10.8. The molecule has 1 unspecified atom stereocenters. The van der Waals surface area contributed by atoms with Crippen LogP contribution in [-0.2, 0) is 18.0 Å². The number of hydrogen-bond donors (Lipinski definition) is 0. The van der Waals surface area contributed by atoms with E-state index in [1.165, 1.54) is 5.56 Å². The number of benzene rings is 1. The van der Waals surface area contributed by atoms with Crippen molar-refractivity contribution in [3.8, 4) is 6.07 Å². The first kappa shape index (κ1) is 12.2. The summed E-state index contributed by atoms with van der Waals surface area (Å²) < 4.78 is 5.36. The maximum atomic E-state index is 12.4.